The van der Waals surface area contributed by atoms with Crippen LogP contribution in [0.25, 0.3) is 0 Å². The topological polar surface area (TPSA) is 67.9 Å². The van der Waals surface area contributed by atoms with Gasteiger partial charge in [0.05, 0.1) is 13.2 Å². The average Bonchev–Trinajstić information content (AvgIpc) is 3.17. The van der Waals surface area contributed by atoms with E-state index in [0.29, 0.717) is 39.0 Å². The number of nitrogens with zero attached hydrogens (tertiary/aromatic N) is 1. The van der Waals surface area contributed by atoms with E-state index in [1.165, 1.54) is 0 Å². The molecule has 1 N–H and O–H groups in total. The summed E-state index contributed by atoms with van der Waals surface area (Å²) in [6, 6.07) is 15.3. The minimum atomic E-state index is -0.000842. The molecule has 29 heavy (non-hydrogen) atoms. The minimum Gasteiger partial charge on any atom is -0.494 e. The Bertz CT molecular complexity index is 803. The van der Waals surface area contributed by atoms with Crippen molar-refractivity contribution in [3.05, 3.63) is 54.1 Å². The summed E-state index contributed by atoms with van der Waals surface area (Å²) in [7, 11) is 0. The highest BCUT2D eigenvalue weighted by atomic mass is 16.5. The van der Waals surface area contributed by atoms with Gasteiger partial charge in [0.25, 0.3) is 0 Å². The molecule has 0 bridgehead atoms. The van der Waals surface area contributed by atoms with Gasteiger partial charge in [0.1, 0.15) is 11.5 Å². The lowest BCUT2D eigenvalue weighted by molar-refractivity contribution is -0.121. The number of carbonyl (C=O) groups excluding carboxylic acids is 2. The van der Waals surface area contributed by atoms with Crippen LogP contribution in [0.1, 0.15) is 38.2 Å². The van der Waals surface area contributed by atoms with Crippen LogP contribution in [-0.4, -0.2) is 31.6 Å². The van der Waals surface area contributed by atoms with Gasteiger partial charge < -0.3 is 19.7 Å². The van der Waals surface area contributed by atoms with E-state index in [1.807, 2.05) is 60.4 Å². The molecular weight excluding hydrogens is 368 g/mol. The van der Waals surface area contributed by atoms with Gasteiger partial charge in [-0.2, -0.15) is 0 Å². The zero-order valence-electron chi connectivity index (χ0n) is 16.9. The van der Waals surface area contributed by atoms with Crippen molar-refractivity contribution in [2.45, 2.75) is 39.2 Å². The quantitative estimate of drug-likeness (QED) is 0.622. The number of ether oxygens (including phenoxy) is 2. The van der Waals surface area contributed by atoms with Crippen LogP contribution in [-0.2, 0) is 16.1 Å². The Kier molecular flexibility index (Phi) is 7.50. The molecule has 0 aromatic heterocycles. The van der Waals surface area contributed by atoms with Crippen LogP contribution >= 0.6 is 0 Å². The van der Waals surface area contributed by atoms with Crippen LogP contribution in [0.15, 0.2) is 48.5 Å². The Morgan fingerprint density at radius 1 is 1.03 bits per heavy atom. The van der Waals surface area contributed by atoms with Crippen molar-refractivity contribution in [3.63, 3.8) is 0 Å². The minimum absolute atomic E-state index is 0.000842. The van der Waals surface area contributed by atoms with E-state index in [-0.39, 0.29) is 11.8 Å². The van der Waals surface area contributed by atoms with Gasteiger partial charge in [0, 0.05) is 31.6 Å². The Morgan fingerprint density at radius 3 is 2.34 bits per heavy atom. The third kappa shape index (κ3) is 6.24. The molecule has 2 aromatic carbocycles. The number of hydrogen-bond donors (Lipinski definition) is 1. The summed E-state index contributed by atoms with van der Waals surface area (Å²) in [5.74, 6) is 1.77. The first-order valence-corrected chi connectivity index (χ1v) is 10.2. The highest BCUT2D eigenvalue weighted by Crippen LogP contribution is 2.21. The van der Waals surface area contributed by atoms with Crippen LogP contribution in [0, 0.1) is 0 Å². The molecule has 1 aliphatic heterocycles. The fraction of sp³-hybridized carbons (Fsp3) is 0.391. The van der Waals surface area contributed by atoms with Crippen LogP contribution in [0.4, 0.5) is 5.69 Å². The maximum absolute atomic E-state index is 12.0. The highest BCUT2D eigenvalue weighted by Gasteiger charge is 2.21. The van der Waals surface area contributed by atoms with E-state index in [9.17, 15) is 9.59 Å². The smallest absolute Gasteiger partial charge is 0.227 e. The van der Waals surface area contributed by atoms with Crippen molar-refractivity contribution >= 4 is 17.5 Å². The molecule has 2 amide bonds. The first kappa shape index (κ1) is 20.7. The average molecular weight is 396 g/mol. The van der Waals surface area contributed by atoms with E-state index < -0.39 is 0 Å². The number of hydrogen-bond acceptors (Lipinski definition) is 4. The summed E-state index contributed by atoms with van der Waals surface area (Å²) in [5.41, 5.74) is 1.94. The van der Waals surface area contributed by atoms with E-state index in [2.05, 4.69) is 5.32 Å². The van der Waals surface area contributed by atoms with Crippen molar-refractivity contribution < 1.29 is 19.1 Å². The maximum atomic E-state index is 12.0. The molecule has 0 unspecified atom stereocenters. The van der Waals surface area contributed by atoms with Gasteiger partial charge in [-0.1, -0.05) is 12.1 Å². The van der Waals surface area contributed by atoms with Crippen molar-refractivity contribution in [3.8, 4) is 11.5 Å². The first-order valence-electron chi connectivity index (χ1n) is 10.2. The third-order valence-corrected chi connectivity index (χ3v) is 4.76. The van der Waals surface area contributed by atoms with Gasteiger partial charge in [0.2, 0.25) is 11.8 Å². The molecule has 0 spiro atoms. The van der Waals surface area contributed by atoms with Crippen molar-refractivity contribution in [2.75, 3.05) is 24.7 Å². The fourth-order valence-electron chi connectivity index (χ4n) is 3.23. The maximum Gasteiger partial charge on any atom is 0.227 e. The number of rotatable bonds is 10. The Hall–Kier alpha value is -3.02. The van der Waals surface area contributed by atoms with Gasteiger partial charge in [-0.05, 0) is 61.7 Å². The van der Waals surface area contributed by atoms with Crippen LogP contribution in [0.3, 0.4) is 0 Å². The second-order valence-corrected chi connectivity index (χ2v) is 6.95. The first-order chi connectivity index (χ1) is 14.2. The van der Waals surface area contributed by atoms with Gasteiger partial charge in [-0.25, -0.2) is 0 Å². The number of anilines is 1. The second-order valence-electron chi connectivity index (χ2n) is 6.95. The van der Waals surface area contributed by atoms with E-state index in [0.717, 1.165) is 35.7 Å². The Morgan fingerprint density at radius 2 is 1.72 bits per heavy atom. The predicted molar refractivity (Wildman–Crippen MR) is 112 cm³/mol. The molecule has 1 aliphatic rings. The van der Waals surface area contributed by atoms with Crippen molar-refractivity contribution in [2.24, 2.45) is 0 Å². The van der Waals surface area contributed by atoms with Gasteiger partial charge in [-0.3, -0.25) is 9.59 Å². The standard InChI is InChI=1S/C23H28N2O4/c1-2-28-20-11-13-21(14-12-20)29-16-4-5-22(26)24-17-18-7-9-19(10-8-18)25-15-3-6-23(25)27/h7-14H,2-6,15-17H2,1H3,(H,24,26). The predicted octanol–water partition coefficient (Wildman–Crippen LogP) is 3.69. The number of nitrogens with one attached hydrogen (secondary N) is 1. The summed E-state index contributed by atoms with van der Waals surface area (Å²) in [5, 5.41) is 2.93. The number of amides is 2. The molecule has 1 heterocycles. The molecule has 6 heteroatoms. The third-order valence-electron chi connectivity index (χ3n) is 4.76. The molecule has 0 radical (unpaired) electrons. The summed E-state index contributed by atoms with van der Waals surface area (Å²) in [4.78, 5) is 25.6. The molecular formula is C23H28N2O4. The molecule has 1 fully saturated rings. The highest BCUT2D eigenvalue weighted by molar-refractivity contribution is 5.95. The summed E-state index contributed by atoms with van der Waals surface area (Å²) in [6.45, 7) is 4.33. The van der Waals surface area contributed by atoms with Crippen LogP contribution < -0.4 is 19.7 Å². The van der Waals surface area contributed by atoms with Crippen molar-refractivity contribution in [1.29, 1.82) is 0 Å². The summed E-state index contributed by atoms with van der Waals surface area (Å²) in [6.07, 6.45) is 2.60. The van der Waals surface area contributed by atoms with Crippen molar-refractivity contribution in [1.82, 2.24) is 5.32 Å². The molecule has 1 saturated heterocycles. The molecule has 3 rings (SSSR count). The normalized spacial score (nSPS) is 13.4. The van der Waals surface area contributed by atoms with E-state index in [4.69, 9.17) is 9.47 Å². The number of carbonyl (C=O) groups is 2. The Balaban J connectivity index is 1.33. The fourth-order valence-corrected chi connectivity index (χ4v) is 3.23. The molecule has 0 aliphatic carbocycles. The zero-order valence-corrected chi connectivity index (χ0v) is 16.9. The van der Waals surface area contributed by atoms with E-state index in [1.54, 1.807) is 0 Å². The zero-order chi connectivity index (χ0) is 20.5. The lowest BCUT2D eigenvalue weighted by Gasteiger charge is -2.16. The second kappa shape index (κ2) is 10.5. The van der Waals surface area contributed by atoms with Crippen LogP contribution in [0.2, 0.25) is 0 Å². The number of benzene rings is 2. The molecule has 2 aromatic rings. The lowest BCUT2D eigenvalue weighted by Crippen LogP contribution is -2.24. The van der Waals surface area contributed by atoms with Gasteiger partial charge in [-0.15, -0.1) is 0 Å². The van der Waals surface area contributed by atoms with Gasteiger partial charge in [0.15, 0.2) is 0 Å². The summed E-state index contributed by atoms with van der Waals surface area (Å²) >= 11 is 0. The largest absolute Gasteiger partial charge is 0.494 e. The summed E-state index contributed by atoms with van der Waals surface area (Å²) < 4.78 is 11.0. The SMILES string of the molecule is CCOc1ccc(OCCCC(=O)NCc2ccc(N3CCCC3=O)cc2)cc1. The van der Waals surface area contributed by atoms with E-state index >= 15 is 0 Å². The van der Waals surface area contributed by atoms with Gasteiger partial charge >= 0.3 is 0 Å². The Labute approximate surface area is 171 Å². The molecule has 6 nitrogen and oxygen atoms in total. The molecule has 154 valence electrons. The van der Waals surface area contributed by atoms with Crippen LogP contribution in [0.5, 0.6) is 11.5 Å². The monoisotopic (exact) mass is 396 g/mol. The molecule has 0 saturated carbocycles. The lowest BCUT2D eigenvalue weighted by atomic mass is 10.2. The molecule has 0 atom stereocenters.